The van der Waals surface area contributed by atoms with Crippen molar-refractivity contribution in [2.24, 2.45) is 0 Å². The number of sulfonamides is 1. The van der Waals surface area contributed by atoms with Crippen molar-refractivity contribution >= 4 is 27.7 Å². The van der Waals surface area contributed by atoms with Crippen molar-refractivity contribution in [2.45, 2.75) is 68.8 Å². The third-order valence-corrected chi connectivity index (χ3v) is 8.45. The van der Waals surface area contributed by atoms with E-state index in [1.165, 1.54) is 25.0 Å². The van der Waals surface area contributed by atoms with Gasteiger partial charge >= 0.3 is 6.09 Å². The monoisotopic (exact) mass is 471 g/mol. The van der Waals surface area contributed by atoms with Crippen LogP contribution in [0.2, 0.25) is 5.02 Å². The van der Waals surface area contributed by atoms with Gasteiger partial charge in [-0.3, -0.25) is 0 Å². The molecule has 1 N–H and O–H groups in total. The summed E-state index contributed by atoms with van der Waals surface area (Å²) in [4.78, 5) is 14.8. The summed E-state index contributed by atoms with van der Waals surface area (Å²) in [5.41, 5.74) is 0. The van der Waals surface area contributed by atoms with E-state index in [1.807, 2.05) is 6.92 Å². The van der Waals surface area contributed by atoms with Crippen LogP contribution in [-0.4, -0.2) is 68.6 Å². The number of piperidine rings is 1. The van der Waals surface area contributed by atoms with Gasteiger partial charge < -0.3 is 15.0 Å². The molecule has 0 spiro atoms. The van der Waals surface area contributed by atoms with Crippen LogP contribution < -0.4 is 5.32 Å². The lowest BCUT2D eigenvalue weighted by Crippen LogP contribution is -2.52. The summed E-state index contributed by atoms with van der Waals surface area (Å²) in [6.45, 7) is 5.87. The van der Waals surface area contributed by atoms with Gasteiger partial charge in [-0.2, -0.15) is 4.31 Å². The van der Waals surface area contributed by atoms with E-state index in [9.17, 15) is 13.2 Å². The largest absolute Gasteiger partial charge is 0.448 e. The number of benzene rings is 1. The van der Waals surface area contributed by atoms with Crippen LogP contribution >= 0.6 is 11.6 Å². The van der Waals surface area contributed by atoms with Crippen LogP contribution in [0, 0.1) is 0 Å². The molecule has 2 atom stereocenters. The van der Waals surface area contributed by atoms with Gasteiger partial charge in [0.05, 0.1) is 10.9 Å². The Kier molecular flexibility index (Phi) is 9.01. The number of hydrogen-bond donors (Lipinski definition) is 1. The Labute approximate surface area is 191 Å². The van der Waals surface area contributed by atoms with Gasteiger partial charge in [0.15, 0.2) is 0 Å². The van der Waals surface area contributed by atoms with Crippen molar-refractivity contribution in [3.63, 3.8) is 0 Å². The molecule has 1 aromatic carbocycles. The molecule has 2 heterocycles. The van der Waals surface area contributed by atoms with Crippen molar-refractivity contribution in [3.05, 3.63) is 29.3 Å². The first-order valence-corrected chi connectivity index (χ1v) is 13.2. The lowest BCUT2D eigenvalue weighted by Gasteiger charge is -2.40. The summed E-state index contributed by atoms with van der Waals surface area (Å²) in [6, 6.07) is 5.76. The first-order chi connectivity index (χ1) is 14.9. The van der Waals surface area contributed by atoms with E-state index < -0.39 is 16.1 Å². The second-order valence-electron chi connectivity index (χ2n) is 8.36. The highest BCUT2D eigenvalue weighted by molar-refractivity contribution is 7.89. The van der Waals surface area contributed by atoms with Gasteiger partial charge in [0.1, 0.15) is 6.61 Å². The Morgan fingerprint density at radius 3 is 2.48 bits per heavy atom. The van der Waals surface area contributed by atoms with Gasteiger partial charge in [-0.25, -0.2) is 13.2 Å². The number of nitrogens with zero attached hydrogens (tertiary/aromatic N) is 2. The van der Waals surface area contributed by atoms with Crippen molar-refractivity contribution in [1.82, 2.24) is 14.5 Å². The number of carbonyl (C=O) groups is 1. The predicted octanol–water partition coefficient (Wildman–Crippen LogP) is 3.87. The molecule has 0 saturated carbocycles. The maximum atomic E-state index is 13.4. The van der Waals surface area contributed by atoms with E-state index in [1.54, 1.807) is 16.4 Å². The molecule has 0 bridgehead atoms. The van der Waals surface area contributed by atoms with Crippen molar-refractivity contribution in [2.75, 3.05) is 32.8 Å². The summed E-state index contributed by atoms with van der Waals surface area (Å²) < 4.78 is 33.8. The Bertz CT molecular complexity index is 813. The summed E-state index contributed by atoms with van der Waals surface area (Å²) >= 11 is 5.93. The van der Waals surface area contributed by atoms with Gasteiger partial charge in [-0.15, -0.1) is 0 Å². The lowest BCUT2D eigenvalue weighted by molar-refractivity contribution is 0.0844. The molecule has 0 unspecified atom stereocenters. The van der Waals surface area contributed by atoms with Crippen molar-refractivity contribution < 1.29 is 17.9 Å². The highest BCUT2D eigenvalue weighted by Crippen LogP contribution is 2.32. The fourth-order valence-corrected chi connectivity index (χ4v) is 6.58. The zero-order chi connectivity index (χ0) is 22.3. The molecule has 2 aliphatic rings. The summed E-state index contributed by atoms with van der Waals surface area (Å²) in [7, 11) is -3.71. The number of hydrogen-bond acceptors (Lipinski definition) is 5. The van der Waals surface area contributed by atoms with E-state index in [-0.39, 0.29) is 23.6 Å². The molecule has 174 valence electrons. The van der Waals surface area contributed by atoms with E-state index in [2.05, 4.69) is 10.2 Å². The molecule has 7 nitrogen and oxygen atoms in total. The second kappa shape index (κ2) is 11.5. The Hall–Kier alpha value is -1.35. The molecule has 1 aromatic rings. The quantitative estimate of drug-likeness (QED) is 0.553. The molecule has 2 aliphatic heterocycles. The molecule has 9 heteroatoms. The van der Waals surface area contributed by atoms with Gasteiger partial charge in [0.2, 0.25) is 10.0 Å². The number of carbonyl (C=O) groups excluding carboxylic acids is 1. The molecule has 0 aliphatic carbocycles. The second-order valence-corrected chi connectivity index (χ2v) is 10.6. The maximum absolute atomic E-state index is 13.4. The molecule has 2 fully saturated rings. The number of likely N-dealkylation sites (tertiary alicyclic amines) is 1. The van der Waals surface area contributed by atoms with Crippen molar-refractivity contribution in [1.29, 1.82) is 0 Å². The number of alkyl carbamates (subject to hydrolysis) is 1. The number of ether oxygens (including phenoxy) is 1. The van der Waals surface area contributed by atoms with Crippen LogP contribution in [0.3, 0.4) is 0 Å². The average Bonchev–Trinajstić information content (AvgIpc) is 3.28. The Morgan fingerprint density at radius 1 is 1.13 bits per heavy atom. The van der Waals surface area contributed by atoms with Crippen molar-refractivity contribution in [3.8, 4) is 0 Å². The Balaban J connectivity index is 1.56. The van der Waals surface area contributed by atoms with E-state index in [0.717, 1.165) is 38.9 Å². The number of rotatable bonds is 9. The maximum Gasteiger partial charge on any atom is 0.407 e. The van der Waals surface area contributed by atoms with Gasteiger partial charge in [-0.05, 0) is 82.4 Å². The minimum absolute atomic E-state index is 0.0568. The summed E-state index contributed by atoms with van der Waals surface area (Å²) in [5.74, 6) is 0. The molecule has 0 radical (unpaired) electrons. The summed E-state index contributed by atoms with van der Waals surface area (Å²) in [6.07, 6.45) is 6.02. The number of nitrogens with one attached hydrogen (secondary N) is 1. The standard InChI is InChI=1S/C22H34ClN3O4S/c1-2-19-7-5-8-20(26(19)31(28,29)21-11-9-18(23)10-12-21)17-30-22(27)24-13-6-16-25-14-3-4-15-25/h9-12,19-20H,2-8,13-17H2,1H3,(H,24,27)/t19-,20-/m1/s1. The highest BCUT2D eigenvalue weighted by atomic mass is 35.5. The smallest absolute Gasteiger partial charge is 0.407 e. The number of halogens is 1. The van der Waals surface area contributed by atoms with Gasteiger partial charge in [0, 0.05) is 17.6 Å². The minimum atomic E-state index is -3.71. The zero-order valence-electron chi connectivity index (χ0n) is 18.3. The Morgan fingerprint density at radius 2 is 1.81 bits per heavy atom. The third kappa shape index (κ3) is 6.57. The van der Waals surface area contributed by atoms with Crippen LogP contribution in [0.1, 0.15) is 51.9 Å². The highest BCUT2D eigenvalue weighted by Gasteiger charge is 2.39. The lowest BCUT2D eigenvalue weighted by atomic mass is 9.97. The van der Waals surface area contributed by atoms with E-state index >= 15 is 0 Å². The van der Waals surface area contributed by atoms with Gasteiger partial charge in [-0.1, -0.05) is 24.9 Å². The molecule has 1 amide bonds. The molecule has 3 rings (SSSR count). The van der Waals surface area contributed by atoms with E-state index in [4.69, 9.17) is 16.3 Å². The van der Waals surface area contributed by atoms with Crippen LogP contribution in [0.4, 0.5) is 4.79 Å². The average molecular weight is 472 g/mol. The third-order valence-electron chi connectivity index (χ3n) is 6.18. The molecular formula is C22H34ClN3O4S. The summed E-state index contributed by atoms with van der Waals surface area (Å²) in [5, 5.41) is 3.28. The topological polar surface area (TPSA) is 79.0 Å². The molecule has 31 heavy (non-hydrogen) atoms. The fraction of sp³-hybridized carbons (Fsp3) is 0.682. The zero-order valence-corrected chi connectivity index (χ0v) is 19.8. The first-order valence-electron chi connectivity index (χ1n) is 11.3. The fourth-order valence-electron chi connectivity index (χ4n) is 4.53. The van der Waals surface area contributed by atoms with Crippen LogP contribution in [-0.2, 0) is 14.8 Å². The van der Waals surface area contributed by atoms with Gasteiger partial charge in [0.25, 0.3) is 0 Å². The molecule has 0 aromatic heterocycles. The molecule has 2 saturated heterocycles. The normalized spacial score (nSPS) is 23.0. The van der Waals surface area contributed by atoms with Crippen LogP contribution in [0.15, 0.2) is 29.2 Å². The SMILES string of the molecule is CC[C@@H]1CCC[C@H](COC(=O)NCCCN2CCCC2)N1S(=O)(=O)c1ccc(Cl)cc1. The predicted molar refractivity (Wildman–Crippen MR) is 122 cm³/mol. The first kappa shape index (κ1) is 24.3. The number of amides is 1. The van der Waals surface area contributed by atoms with Crippen LogP contribution in [0.5, 0.6) is 0 Å². The molecular weight excluding hydrogens is 438 g/mol. The van der Waals surface area contributed by atoms with Crippen LogP contribution in [0.25, 0.3) is 0 Å². The van der Waals surface area contributed by atoms with E-state index in [0.29, 0.717) is 24.4 Å². The minimum Gasteiger partial charge on any atom is -0.448 e.